The summed E-state index contributed by atoms with van der Waals surface area (Å²) in [6.07, 6.45) is 0.146. The highest BCUT2D eigenvalue weighted by molar-refractivity contribution is 6.91. The van der Waals surface area contributed by atoms with Crippen LogP contribution in [0.15, 0.2) is 97.1 Å². The third-order valence-corrected chi connectivity index (χ3v) is 17.0. The Labute approximate surface area is 324 Å². The molecule has 0 aliphatic carbocycles. The molecule has 2 fully saturated rings. The van der Waals surface area contributed by atoms with Crippen molar-refractivity contribution in [3.63, 3.8) is 0 Å². The lowest BCUT2D eigenvalue weighted by Gasteiger charge is -2.39. The lowest BCUT2D eigenvalue weighted by atomic mass is 9.82. The van der Waals surface area contributed by atoms with Crippen LogP contribution in [0.4, 0.5) is 11.4 Å². The van der Waals surface area contributed by atoms with E-state index in [1.54, 1.807) is 12.0 Å². The molecule has 4 aliphatic heterocycles. The maximum atomic E-state index is 15.2. The number of benzene rings is 4. The number of aliphatic hydroxyl groups excluding tert-OH is 1. The van der Waals surface area contributed by atoms with Gasteiger partial charge in [-0.1, -0.05) is 91.9 Å². The molecule has 55 heavy (non-hydrogen) atoms. The molecule has 4 aliphatic rings. The third-order valence-electron chi connectivity index (χ3n) is 12.7. The molecule has 4 aromatic rings. The molecule has 5 atom stereocenters. The van der Waals surface area contributed by atoms with Crippen LogP contribution in [0.1, 0.15) is 35.6 Å². The van der Waals surface area contributed by atoms with Crippen molar-refractivity contribution in [3.05, 3.63) is 119 Å². The van der Waals surface area contributed by atoms with E-state index >= 15 is 4.79 Å². The molecule has 0 saturated carbocycles. The van der Waals surface area contributed by atoms with Crippen molar-refractivity contribution >= 4 is 42.4 Å². The normalized spacial score (nSPS) is 25.0. The van der Waals surface area contributed by atoms with E-state index in [0.717, 1.165) is 45.9 Å². The summed E-state index contributed by atoms with van der Waals surface area (Å²) in [6, 6.07) is 31.8. The number of aliphatic hydroxyl groups is 1. The number of hydrogen-bond donors (Lipinski definition) is 2. The van der Waals surface area contributed by atoms with Crippen LogP contribution in [0.5, 0.6) is 5.75 Å². The molecule has 0 aromatic heterocycles. The number of carbonyl (C=O) groups excluding carboxylic acids is 3. The van der Waals surface area contributed by atoms with Gasteiger partial charge in [-0.15, -0.1) is 0 Å². The number of piperazine rings is 1. The van der Waals surface area contributed by atoms with Gasteiger partial charge in [0.05, 0.1) is 59.1 Å². The molecule has 10 nitrogen and oxygen atoms in total. The molecule has 0 bridgehead atoms. The number of hydrogen-bond acceptors (Lipinski definition) is 7. The molecule has 4 aromatic carbocycles. The van der Waals surface area contributed by atoms with E-state index < -0.39 is 19.8 Å². The van der Waals surface area contributed by atoms with Crippen molar-refractivity contribution in [3.8, 4) is 5.75 Å². The molecule has 8 rings (SSSR count). The Kier molecular flexibility index (Phi) is 9.91. The Morgan fingerprint density at radius 1 is 0.964 bits per heavy atom. The fraction of sp³-hybridized carbons (Fsp3) is 0.386. The Bertz CT molecular complexity index is 2090. The topological polar surface area (TPSA) is 112 Å². The molecular formula is C44H50N4O6Si. The Morgan fingerprint density at radius 3 is 2.38 bits per heavy atom. The van der Waals surface area contributed by atoms with Crippen LogP contribution in [0.2, 0.25) is 18.6 Å². The van der Waals surface area contributed by atoms with Gasteiger partial charge in [-0.3, -0.25) is 14.4 Å². The number of ether oxygens (including phenoxy) is 2. The maximum absolute atomic E-state index is 15.2. The van der Waals surface area contributed by atoms with Gasteiger partial charge < -0.3 is 34.6 Å². The predicted octanol–water partition coefficient (Wildman–Crippen LogP) is 4.73. The first kappa shape index (κ1) is 37.1. The summed E-state index contributed by atoms with van der Waals surface area (Å²) in [5.41, 5.74) is 4.26. The maximum Gasteiger partial charge on any atom is 0.264 e. The van der Waals surface area contributed by atoms with Crippen molar-refractivity contribution in [2.75, 3.05) is 43.2 Å². The van der Waals surface area contributed by atoms with E-state index in [0.29, 0.717) is 32.6 Å². The van der Waals surface area contributed by atoms with Crippen LogP contribution < -0.4 is 25.0 Å². The molecule has 2 N–H and O–H groups in total. The molecule has 1 spiro atoms. The predicted molar refractivity (Wildman–Crippen MR) is 215 cm³/mol. The van der Waals surface area contributed by atoms with Gasteiger partial charge in [0, 0.05) is 36.8 Å². The number of fused-ring (bicyclic) bond motifs is 3. The van der Waals surface area contributed by atoms with Gasteiger partial charge in [-0.05, 0) is 59.0 Å². The van der Waals surface area contributed by atoms with Crippen LogP contribution in [0.3, 0.4) is 0 Å². The second-order valence-corrected chi connectivity index (χ2v) is 20.7. The molecule has 286 valence electrons. The van der Waals surface area contributed by atoms with Gasteiger partial charge >= 0.3 is 0 Å². The zero-order chi connectivity index (χ0) is 38.5. The van der Waals surface area contributed by atoms with Gasteiger partial charge in [0.1, 0.15) is 5.75 Å². The number of rotatable bonds is 9. The lowest BCUT2D eigenvalue weighted by molar-refractivity contribution is -0.151. The minimum absolute atomic E-state index is 0.0395. The summed E-state index contributed by atoms with van der Waals surface area (Å²) in [7, 11) is -0.827. The van der Waals surface area contributed by atoms with Crippen LogP contribution in [0.25, 0.3) is 0 Å². The molecule has 3 amide bonds. The van der Waals surface area contributed by atoms with E-state index in [2.05, 4.69) is 49.6 Å². The molecule has 2 saturated heterocycles. The van der Waals surface area contributed by atoms with Gasteiger partial charge in [0.2, 0.25) is 11.8 Å². The van der Waals surface area contributed by atoms with Crippen molar-refractivity contribution in [1.29, 1.82) is 0 Å². The molecule has 0 unspecified atom stereocenters. The Morgan fingerprint density at radius 2 is 1.67 bits per heavy atom. The van der Waals surface area contributed by atoms with Gasteiger partial charge in [0.25, 0.3) is 5.91 Å². The van der Waals surface area contributed by atoms with Crippen LogP contribution in [-0.4, -0.2) is 81.3 Å². The highest BCUT2D eigenvalue weighted by Gasteiger charge is 2.66. The van der Waals surface area contributed by atoms with E-state index in [1.165, 1.54) is 5.19 Å². The van der Waals surface area contributed by atoms with Crippen molar-refractivity contribution in [1.82, 2.24) is 10.2 Å². The third kappa shape index (κ3) is 6.36. The number of anilines is 2. The summed E-state index contributed by atoms with van der Waals surface area (Å²) < 4.78 is 12.8. The van der Waals surface area contributed by atoms with Crippen molar-refractivity contribution < 1.29 is 29.0 Å². The zero-order valence-electron chi connectivity index (χ0n) is 32.0. The number of nitrogens with one attached hydrogen (secondary N) is 1. The van der Waals surface area contributed by atoms with E-state index in [1.807, 2.05) is 82.6 Å². The van der Waals surface area contributed by atoms with Gasteiger partial charge in [-0.25, -0.2) is 0 Å². The second kappa shape index (κ2) is 14.7. The first-order chi connectivity index (χ1) is 26.6. The largest absolute Gasteiger partial charge is 0.497 e. The van der Waals surface area contributed by atoms with E-state index in [9.17, 15) is 14.7 Å². The number of amides is 3. The minimum Gasteiger partial charge on any atom is -0.497 e. The minimum atomic E-state index is -2.48. The molecule has 11 heteroatoms. The van der Waals surface area contributed by atoms with Crippen molar-refractivity contribution in [2.24, 2.45) is 5.92 Å². The number of nitrogens with zero attached hydrogens (tertiary/aromatic N) is 3. The van der Waals surface area contributed by atoms with Crippen molar-refractivity contribution in [2.45, 2.75) is 69.2 Å². The fourth-order valence-electron chi connectivity index (χ4n) is 9.80. The van der Waals surface area contributed by atoms with Crippen LogP contribution in [0, 0.1) is 5.92 Å². The summed E-state index contributed by atoms with van der Waals surface area (Å²) in [4.78, 5) is 47.8. The quantitative estimate of drug-likeness (QED) is 0.238. The number of para-hydroxylation sites is 1. The average Bonchev–Trinajstić information content (AvgIpc) is 3.63. The average molecular weight is 759 g/mol. The van der Waals surface area contributed by atoms with Gasteiger partial charge in [0.15, 0.2) is 5.60 Å². The van der Waals surface area contributed by atoms with Crippen LogP contribution in [-0.2, 0) is 44.2 Å². The summed E-state index contributed by atoms with van der Waals surface area (Å²) in [5, 5.41) is 14.8. The number of methoxy groups -OCH3 is 1. The smallest absolute Gasteiger partial charge is 0.264 e. The lowest BCUT2D eigenvalue weighted by Crippen LogP contribution is -2.52. The highest BCUT2D eigenvalue weighted by atomic mass is 28.3. The Balaban J connectivity index is 1.14. The monoisotopic (exact) mass is 758 g/mol. The van der Waals surface area contributed by atoms with E-state index in [4.69, 9.17) is 9.47 Å². The standard InChI is InChI=1S/C44H50N4O6Si/c1-29-42(55(3,4)36-19-17-35(53-2)18-20-36)39(24-40(50)47-27-32-10-6-5-9-31(32)23-34(47)28-49)54-44(29)37-11-7-8-12-38(37)48(43(44)52)26-30-13-15-33(16-14-30)46-22-21-45-25-41(46)51/h5-20,29,34,39,42,45,49H,21-28H2,1-4H3/t29-,34+,39+,42-,44+/m1/s1. The Hall–Kier alpha value is -4.81. The summed E-state index contributed by atoms with van der Waals surface area (Å²) in [6.45, 7) is 9.08. The molecule has 4 heterocycles. The SMILES string of the molecule is COc1ccc([Si](C)(C)[C@H]2[C@H](CC(=O)N3Cc4ccccc4C[C@H]3CO)O[C@@]3(C(=O)N(Cc4ccc(N5CCNCC5=O)cc4)c4ccccc43)[C@@H]2C)cc1. The first-order valence-corrected chi connectivity index (χ1v) is 22.5. The summed E-state index contributed by atoms with van der Waals surface area (Å²) >= 11 is 0. The molecule has 0 radical (unpaired) electrons. The zero-order valence-corrected chi connectivity index (χ0v) is 33.0. The highest BCUT2D eigenvalue weighted by Crippen LogP contribution is 2.60. The van der Waals surface area contributed by atoms with Crippen LogP contribution >= 0.6 is 0 Å². The number of carbonyl (C=O) groups is 3. The van der Waals surface area contributed by atoms with E-state index in [-0.39, 0.29) is 48.3 Å². The fourth-order valence-corrected chi connectivity index (χ4v) is 13.8. The second-order valence-electron chi connectivity index (χ2n) is 16.0. The molecular weight excluding hydrogens is 709 g/mol. The summed E-state index contributed by atoms with van der Waals surface area (Å²) in [5.74, 6) is 0.353. The van der Waals surface area contributed by atoms with Gasteiger partial charge in [-0.2, -0.15) is 0 Å². The first-order valence-electron chi connectivity index (χ1n) is 19.4.